The fourth-order valence-electron chi connectivity index (χ4n) is 4.66. The number of likely N-dealkylation sites (tertiary alicyclic amines) is 1. The van der Waals surface area contributed by atoms with Gasteiger partial charge in [0.1, 0.15) is 11.5 Å². The largest absolute Gasteiger partial charge is 0.465 e. The molecule has 1 aromatic heterocycles. The smallest absolute Gasteiger partial charge is 0.407 e. The van der Waals surface area contributed by atoms with Gasteiger partial charge in [-0.2, -0.15) is 0 Å². The van der Waals surface area contributed by atoms with E-state index in [2.05, 4.69) is 11.9 Å². The summed E-state index contributed by atoms with van der Waals surface area (Å²) in [6.45, 7) is 4.56. The third-order valence-corrected chi connectivity index (χ3v) is 6.79. The van der Waals surface area contributed by atoms with Crippen LogP contribution in [-0.4, -0.2) is 84.4 Å². The van der Waals surface area contributed by atoms with Crippen LogP contribution < -0.4 is 4.74 Å². The Morgan fingerprint density at radius 2 is 1.73 bits per heavy atom. The molecule has 1 atom stereocenters. The van der Waals surface area contributed by atoms with Crippen molar-refractivity contribution in [3.05, 3.63) is 41.7 Å². The summed E-state index contributed by atoms with van der Waals surface area (Å²) < 4.78 is 18.0. The lowest BCUT2D eigenvalue weighted by atomic mass is 9.95. The number of amides is 2. The zero-order chi connectivity index (χ0) is 22.9. The number of fused-ring (bicyclic) bond motifs is 1. The first-order chi connectivity index (χ1) is 16.0. The molecule has 0 radical (unpaired) electrons. The lowest BCUT2D eigenvalue weighted by Gasteiger charge is -2.36. The summed E-state index contributed by atoms with van der Waals surface area (Å²) in [7, 11) is 2.06. The first-order valence-electron chi connectivity index (χ1n) is 11.4. The second-order valence-corrected chi connectivity index (χ2v) is 8.99. The summed E-state index contributed by atoms with van der Waals surface area (Å²) in [5.74, 6) is 1.86. The summed E-state index contributed by atoms with van der Waals surface area (Å²) in [6, 6.07) is 9.38. The van der Waals surface area contributed by atoms with Crippen molar-refractivity contribution in [1.29, 1.82) is 0 Å². The molecule has 0 spiro atoms. The summed E-state index contributed by atoms with van der Waals surface area (Å²) in [5.41, 5.74) is 1.79. The van der Waals surface area contributed by atoms with E-state index < -0.39 is 6.09 Å². The second-order valence-electron chi connectivity index (χ2n) is 8.99. The molecule has 3 aliphatic rings. The predicted molar refractivity (Wildman–Crippen MR) is 119 cm³/mol. The lowest BCUT2D eigenvalue weighted by Crippen LogP contribution is -2.47. The number of furan rings is 1. The Hall–Kier alpha value is -3.04. The van der Waals surface area contributed by atoms with E-state index >= 15 is 0 Å². The molecule has 1 unspecified atom stereocenters. The molecule has 0 aliphatic carbocycles. The SMILES string of the molecule is CN1CCN(C(=O)c2ccc(-c3ccc4c(c3)COC(C3CCN(C(=O)O)CC3)O4)o2)CC1. The molecule has 176 valence electrons. The Morgan fingerprint density at radius 1 is 0.970 bits per heavy atom. The standard InChI is InChI=1S/C24H29N3O6/c1-25-10-12-26(13-11-25)22(28)21-5-4-19(32-21)17-2-3-20-18(14-17)15-31-23(33-20)16-6-8-27(9-7-16)24(29)30/h2-5,14,16,23H,6-13,15H2,1H3,(H,29,30). The number of carbonyl (C=O) groups excluding carboxylic acids is 1. The van der Waals surface area contributed by atoms with Crippen molar-refractivity contribution in [2.24, 2.45) is 5.92 Å². The van der Waals surface area contributed by atoms with E-state index in [1.807, 2.05) is 29.2 Å². The van der Waals surface area contributed by atoms with Crippen LogP contribution in [0.2, 0.25) is 0 Å². The molecule has 2 saturated heterocycles. The number of hydrogen-bond donors (Lipinski definition) is 1. The van der Waals surface area contributed by atoms with E-state index in [-0.39, 0.29) is 18.1 Å². The fourth-order valence-corrected chi connectivity index (χ4v) is 4.66. The molecule has 2 amide bonds. The number of carboxylic acid groups (broad SMARTS) is 1. The van der Waals surface area contributed by atoms with Gasteiger partial charge in [-0.05, 0) is 50.2 Å². The minimum atomic E-state index is -0.872. The van der Waals surface area contributed by atoms with Crippen molar-refractivity contribution in [2.75, 3.05) is 46.3 Å². The zero-order valence-electron chi connectivity index (χ0n) is 18.7. The summed E-state index contributed by atoms with van der Waals surface area (Å²) in [5, 5.41) is 9.13. The molecular weight excluding hydrogens is 426 g/mol. The number of piperazine rings is 1. The van der Waals surface area contributed by atoms with Gasteiger partial charge in [0.15, 0.2) is 5.76 Å². The van der Waals surface area contributed by atoms with Gasteiger partial charge in [0, 0.05) is 56.3 Å². The molecule has 33 heavy (non-hydrogen) atoms. The Bertz CT molecular complexity index is 1020. The molecule has 1 N–H and O–H groups in total. The van der Waals surface area contributed by atoms with Crippen LogP contribution in [0.3, 0.4) is 0 Å². The van der Waals surface area contributed by atoms with Crippen LogP contribution in [0, 0.1) is 5.92 Å². The first kappa shape index (κ1) is 21.8. The van der Waals surface area contributed by atoms with Crippen molar-refractivity contribution in [3.63, 3.8) is 0 Å². The van der Waals surface area contributed by atoms with Gasteiger partial charge in [0.05, 0.1) is 6.61 Å². The van der Waals surface area contributed by atoms with E-state index in [1.54, 1.807) is 6.07 Å². The van der Waals surface area contributed by atoms with Gasteiger partial charge in [0.25, 0.3) is 5.91 Å². The van der Waals surface area contributed by atoms with Crippen molar-refractivity contribution in [2.45, 2.75) is 25.7 Å². The molecule has 0 saturated carbocycles. The fraction of sp³-hybridized carbons (Fsp3) is 0.500. The van der Waals surface area contributed by atoms with E-state index in [0.717, 1.165) is 42.8 Å². The molecule has 2 aromatic rings. The highest BCUT2D eigenvalue weighted by Gasteiger charge is 2.33. The third-order valence-electron chi connectivity index (χ3n) is 6.79. The number of benzene rings is 1. The molecular formula is C24H29N3O6. The molecule has 9 nitrogen and oxygen atoms in total. The van der Waals surface area contributed by atoms with Crippen LogP contribution in [-0.2, 0) is 11.3 Å². The average molecular weight is 456 g/mol. The van der Waals surface area contributed by atoms with Crippen molar-refractivity contribution in [1.82, 2.24) is 14.7 Å². The number of rotatable bonds is 3. The molecule has 5 rings (SSSR count). The monoisotopic (exact) mass is 455 g/mol. The quantitative estimate of drug-likeness (QED) is 0.760. The van der Waals surface area contributed by atoms with E-state index in [9.17, 15) is 9.59 Å². The maximum Gasteiger partial charge on any atom is 0.407 e. The summed E-state index contributed by atoms with van der Waals surface area (Å²) in [6.07, 6.45) is 0.209. The van der Waals surface area contributed by atoms with Gasteiger partial charge in [-0.1, -0.05) is 0 Å². The maximum absolute atomic E-state index is 12.8. The van der Waals surface area contributed by atoms with Crippen molar-refractivity contribution in [3.8, 4) is 17.1 Å². The number of nitrogens with zero attached hydrogens (tertiary/aromatic N) is 3. The van der Waals surface area contributed by atoms with E-state index in [1.165, 1.54) is 4.90 Å². The number of hydrogen-bond acceptors (Lipinski definition) is 6. The van der Waals surface area contributed by atoms with Crippen LogP contribution >= 0.6 is 0 Å². The first-order valence-corrected chi connectivity index (χ1v) is 11.4. The number of carbonyl (C=O) groups is 2. The van der Waals surface area contributed by atoms with Crippen molar-refractivity contribution < 1.29 is 28.6 Å². The lowest BCUT2D eigenvalue weighted by molar-refractivity contribution is -0.148. The summed E-state index contributed by atoms with van der Waals surface area (Å²) in [4.78, 5) is 29.4. The Kier molecular flexibility index (Phi) is 5.99. The highest BCUT2D eigenvalue weighted by atomic mass is 16.7. The normalized spacial score (nSPS) is 22.0. The molecule has 2 fully saturated rings. The van der Waals surface area contributed by atoms with Crippen LogP contribution in [0.4, 0.5) is 4.79 Å². The predicted octanol–water partition coefficient (Wildman–Crippen LogP) is 2.96. The van der Waals surface area contributed by atoms with E-state index in [4.69, 9.17) is 19.0 Å². The number of likely N-dealkylation sites (N-methyl/N-ethyl adjacent to an activating group) is 1. The van der Waals surface area contributed by atoms with Crippen molar-refractivity contribution >= 4 is 12.0 Å². The van der Waals surface area contributed by atoms with Crippen LogP contribution in [0.5, 0.6) is 5.75 Å². The van der Waals surface area contributed by atoms with Gasteiger partial charge >= 0.3 is 6.09 Å². The molecule has 0 bridgehead atoms. The maximum atomic E-state index is 12.8. The average Bonchev–Trinajstić information content (AvgIpc) is 3.34. The van der Waals surface area contributed by atoms with Crippen LogP contribution in [0.25, 0.3) is 11.3 Å². The molecule has 3 aliphatic heterocycles. The number of piperidine rings is 1. The topological polar surface area (TPSA) is 95.7 Å². The molecule has 9 heteroatoms. The number of ether oxygens (including phenoxy) is 2. The van der Waals surface area contributed by atoms with Crippen LogP contribution in [0.1, 0.15) is 29.0 Å². The highest BCUT2D eigenvalue weighted by Crippen LogP contribution is 2.35. The Morgan fingerprint density at radius 3 is 2.45 bits per heavy atom. The summed E-state index contributed by atoms with van der Waals surface area (Å²) >= 11 is 0. The zero-order valence-corrected chi connectivity index (χ0v) is 18.7. The van der Waals surface area contributed by atoms with Gasteiger partial charge in [0.2, 0.25) is 6.29 Å². The minimum Gasteiger partial charge on any atom is -0.465 e. The Labute approximate surface area is 192 Å². The van der Waals surface area contributed by atoms with Gasteiger partial charge in [-0.25, -0.2) is 4.79 Å². The van der Waals surface area contributed by atoms with Crippen LogP contribution in [0.15, 0.2) is 34.7 Å². The highest BCUT2D eigenvalue weighted by molar-refractivity contribution is 5.92. The van der Waals surface area contributed by atoms with Gasteiger partial charge in [-0.3, -0.25) is 4.79 Å². The van der Waals surface area contributed by atoms with Gasteiger partial charge < -0.3 is 33.7 Å². The Balaban J connectivity index is 1.23. The van der Waals surface area contributed by atoms with Gasteiger partial charge in [-0.15, -0.1) is 0 Å². The minimum absolute atomic E-state index is 0.0734. The second kappa shape index (κ2) is 9.07. The third kappa shape index (κ3) is 4.56. The molecule has 4 heterocycles. The molecule has 1 aromatic carbocycles. The van der Waals surface area contributed by atoms with E-state index in [0.29, 0.717) is 44.3 Å².